The van der Waals surface area contributed by atoms with Crippen LogP contribution in [0.1, 0.15) is 52.2 Å². The molecular weight excluding hydrogens is 276 g/mol. The number of nitrogens with zero attached hydrogens (tertiary/aromatic N) is 1. The predicted molar refractivity (Wildman–Crippen MR) is 88.7 cm³/mol. The molecule has 1 amide bonds. The van der Waals surface area contributed by atoms with Crippen LogP contribution < -0.4 is 5.32 Å². The summed E-state index contributed by atoms with van der Waals surface area (Å²) in [5.41, 5.74) is 0. The monoisotopic (exact) mass is 306 g/mol. The average molecular weight is 306 g/mol. The second-order valence-electron chi connectivity index (χ2n) is 6.71. The lowest BCUT2D eigenvalue weighted by molar-refractivity contribution is -0.122. The topological polar surface area (TPSA) is 45.5 Å². The zero-order valence-electron chi connectivity index (χ0n) is 14.3. The Labute approximate surface area is 134 Å². The van der Waals surface area contributed by atoms with E-state index in [1.807, 2.05) is 12.1 Å². The lowest BCUT2D eigenvalue weighted by Gasteiger charge is -2.31. The SMILES string of the molecule is CCN(CC)C(CNC(=O)C1CC1c1ccco1)CC(C)C. The quantitative estimate of drug-likeness (QED) is 0.761. The molecule has 22 heavy (non-hydrogen) atoms. The first kappa shape index (κ1) is 17.1. The first-order valence-corrected chi connectivity index (χ1v) is 8.61. The van der Waals surface area contributed by atoms with Crippen LogP contribution in [0.5, 0.6) is 0 Å². The Balaban J connectivity index is 1.83. The van der Waals surface area contributed by atoms with Gasteiger partial charge in [0.1, 0.15) is 5.76 Å². The fourth-order valence-electron chi connectivity index (χ4n) is 3.30. The van der Waals surface area contributed by atoms with Gasteiger partial charge in [0.2, 0.25) is 5.91 Å². The molecule has 4 heteroatoms. The van der Waals surface area contributed by atoms with E-state index in [9.17, 15) is 4.79 Å². The van der Waals surface area contributed by atoms with Crippen LogP contribution in [-0.2, 0) is 4.79 Å². The molecule has 1 heterocycles. The maximum Gasteiger partial charge on any atom is 0.223 e. The molecule has 0 radical (unpaired) electrons. The van der Waals surface area contributed by atoms with Crippen LogP contribution >= 0.6 is 0 Å². The highest BCUT2D eigenvalue weighted by Crippen LogP contribution is 2.47. The Morgan fingerprint density at radius 2 is 2.14 bits per heavy atom. The predicted octanol–water partition coefficient (Wildman–Crippen LogP) is 3.26. The van der Waals surface area contributed by atoms with E-state index in [1.54, 1.807) is 6.26 Å². The molecule has 1 aromatic heterocycles. The Kier molecular flexibility index (Phi) is 6.07. The molecule has 1 aliphatic rings. The number of hydrogen-bond acceptors (Lipinski definition) is 3. The average Bonchev–Trinajstić information content (AvgIpc) is 3.10. The van der Waals surface area contributed by atoms with E-state index < -0.39 is 0 Å². The van der Waals surface area contributed by atoms with Crippen molar-refractivity contribution < 1.29 is 9.21 Å². The van der Waals surface area contributed by atoms with Crippen LogP contribution in [0.25, 0.3) is 0 Å². The van der Waals surface area contributed by atoms with Crippen LogP contribution in [0.15, 0.2) is 22.8 Å². The number of carbonyl (C=O) groups excluding carboxylic acids is 1. The molecule has 0 aromatic carbocycles. The third-order valence-electron chi connectivity index (χ3n) is 4.62. The molecule has 1 aliphatic carbocycles. The number of furan rings is 1. The van der Waals surface area contributed by atoms with Crippen molar-refractivity contribution in [1.82, 2.24) is 10.2 Å². The van der Waals surface area contributed by atoms with Crippen molar-refractivity contribution in [2.75, 3.05) is 19.6 Å². The third kappa shape index (κ3) is 4.35. The number of carbonyl (C=O) groups is 1. The molecule has 1 N–H and O–H groups in total. The largest absolute Gasteiger partial charge is 0.469 e. The summed E-state index contributed by atoms with van der Waals surface area (Å²) in [4.78, 5) is 14.8. The van der Waals surface area contributed by atoms with Crippen molar-refractivity contribution in [2.45, 2.75) is 52.5 Å². The fourth-order valence-corrected chi connectivity index (χ4v) is 3.30. The van der Waals surface area contributed by atoms with Gasteiger partial charge in [-0.05, 0) is 44.0 Å². The van der Waals surface area contributed by atoms with Gasteiger partial charge in [0.05, 0.1) is 6.26 Å². The first-order chi connectivity index (χ1) is 10.6. The Morgan fingerprint density at radius 3 is 2.68 bits per heavy atom. The summed E-state index contributed by atoms with van der Waals surface area (Å²) in [6, 6.07) is 4.29. The number of nitrogens with one attached hydrogen (secondary N) is 1. The summed E-state index contributed by atoms with van der Waals surface area (Å²) < 4.78 is 5.40. The van der Waals surface area contributed by atoms with Gasteiger partial charge in [-0.25, -0.2) is 0 Å². The molecule has 3 atom stereocenters. The van der Waals surface area contributed by atoms with Crippen molar-refractivity contribution in [3.63, 3.8) is 0 Å². The van der Waals surface area contributed by atoms with Gasteiger partial charge in [-0.15, -0.1) is 0 Å². The van der Waals surface area contributed by atoms with Crippen molar-refractivity contribution in [2.24, 2.45) is 11.8 Å². The second kappa shape index (κ2) is 7.82. The minimum atomic E-state index is 0.0996. The number of likely N-dealkylation sites (N-methyl/N-ethyl adjacent to an activating group) is 1. The van der Waals surface area contributed by atoms with Crippen LogP contribution in [0.2, 0.25) is 0 Å². The maximum atomic E-state index is 12.3. The highest BCUT2D eigenvalue weighted by Gasteiger charge is 2.45. The van der Waals surface area contributed by atoms with Gasteiger partial charge < -0.3 is 9.73 Å². The van der Waals surface area contributed by atoms with Gasteiger partial charge in [0.25, 0.3) is 0 Å². The van der Waals surface area contributed by atoms with Crippen LogP contribution in [-0.4, -0.2) is 36.5 Å². The molecule has 1 aromatic rings. The minimum Gasteiger partial charge on any atom is -0.469 e. The van der Waals surface area contributed by atoms with Crippen LogP contribution in [0, 0.1) is 11.8 Å². The molecule has 4 nitrogen and oxygen atoms in total. The van der Waals surface area contributed by atoms with E-state index in [0.717, 1.165) is 38.2 Å². The Hall–Kier alpha value is -1.29. The van der Waals surface area contributed by atoms with E-state index in [4.69, 9.17) is 4.42 Å². The second-order valence-corrected chi connectivity index (χ2v) is 6.71. The zero-order valence-corrected chi connectivity index (χ0v) is 14.3. The molecule has 0 spiro atoms. The standard InChI is InChI=1S/C18H30N2O2/c1-5-20(6-2)14(10-13(3)4)12-19-18(21)16-11-15(16)17-8-7-9-22-17/h7-9,13-16H,5-6,10-12H2,1-4H3,(H,19,21). The van der Waals surface area contributed by atoms with E-state index in [0.29, 0.717) is 12.0 Å². The molecule has 1 saturated carbocycles. The fraction of sp³-hybridized carbons (Fsp3) is 0.722. The first-order valence-electron chi connectivity index (χ1n) is 8.61. The van der Waals surface area contributed by atoms with Crippen molar-refractivity contribution in [3.05, 3.63) is 24.2 Å². The van der Waals surface area contributed by atoms with E-state index in [2.05, 4.69) is 37.9 Å². The van der Waals surface area contributed by atoms with Gasteiger partial charge >= 0.3 is 0 Å². The molecule has 2 rings (SSSR count). The third-order valence-corrected chi connectivity index (χ3v) is 4.62. The summed E-state index contributed by atoms with van der Waals surface area (Å²) in [5.74, 6) is 2.15. The molecule has 3 unspecified atom stereocenters. The van der Waals surface area contributed by atoms with Gasteiger partial charge in [-0.2, -0.15) is 0 Å². The normalized spacial score (nSPS) is 22.1. The van der Waals surface area contributed by atoms with Crippen molar-refractivity contribution in [3.8, 4) is 0 Å². The maximum absolute atomic E-state index is 12.3. The lowest BCUT2D eigenvalue weighted by atomic mass is 10.0. The van der Waals surface area contributed by atoms with Crippen molar-refractivity contribution in [1.29, 1.82) is 0 Å². The number of amides is 1. The number of rotatable bonds is 9. The highest BCUT2D eigenvalue weighted by atomic mass is 16.3. The molecule has 0 aliphatic heterocycles. The lowest BCUT2D eigenvalue weighted by Crippen LogP contribution is -2.45. The minimum absolute atomic E-state index is 0.0996. The van der Waals surface area contributed by atoms with Crippen LogP contribution in [0.4, 0.5) is 0 Å². The van der Waals surface area contributed by atoms with E-state index in [-0.39, 0.29) is 17.7 Å². The van der Waals surface area contributed by atoms with E-state index in [1.165, 1.54) is 0 Å². The summed E-state index contributed by atoms with van der Waals surface area (Å²) in [6.07, 6.45) is 3.72. The van der Waals surface area contributed by atoms with E-state index >= 15 is 0 Å². The summed E-state index contributed by atoms with van der Waals surface area (Å²) >= 11 is 0. The molecule has 1 fully saturated rings. The van der Waals surface area contributed by atoms with Crippen molar-refractivity contribution >= 4 is 5.91 Å². The molecular formula is C18H30N2O2. The van der Waals surface area contributed by atoms with Gasteiger partial charge in [-0.3, -0.25) is 9.69 Å². The zero-order chi connectivity index (χ0) is 16.1. The Bertz CT molecular complexity index is 452. The summed E-state index contributed by atoms with van der Waals surface area (Å²) in [7, 11) is 0. The van der Waals surface area contributed by atoms with Gasteiger partial charge in [0.15, 0.2) is 0 Å². The molecule has 124 valence electrons. The molecule has 0 bridgehead atoms. The summed E-state index contributed by atoms with van der Waals surface area (Å²) in [5, 5.41) is 3.17. The summed E-state index contributed by atoms with van der Waals surface area (Å²) in [6.45, 7) is 11.7. The smallest absolute Gasteiger partial charge is 0.223 e. The highest BCUT2D eigenvalue weighted by molar-refractivity contribution is 5.82. The van der Waals surface area contributed by atoms with Crippen LogP contribution in [0.3, 0.4) is 0 Å². The Morgan fingerprint density at radius 1 is 1.41 bits per heavy atom. The number of hydrogen-bond donors (Lipinski definition) is 1. The van der Waals surface area contributed by atoms with Gasteiger partial charge in [-0.1, -0.05) is 27.7 Å². The molecule has 0 saturated heterocycles. The van der Waals surface area contributed by atoms with Gasteiger partial charge in [0, 0.05) is 24.4 Å².